The lowest BCUT2D eigenvalue weighted by atomic mass is 10.0. The molecule has 3 aromatic carbocycles. The number of carboxylic acid groups (broad SMARTS) is 1. The molecule has 1 saturated heterocycles. The number of nitrogens with one attached hydrogen (secondary N) is 2. The highest BCUT2D eigenvalue weighted by molar-refractivity contribution is 9.10. The molecule has 0 spiro atoms. The van der Waals surface area contributed by atoms with Gasteiger partial charge in [0.1, 0.15) is 5.56 Å². The van der Waals surface area contributed by atoms with E-state index in [4.69, 9.17) is 0 Å². The summed E-state index contributed by atoms with van der Waals surface area (Å²) in [7, 11) is 0. The molecule has 2 heterocycles. The van der Waals surface area contributed by atoms with E-state index in [2.05, 4.69) is 57.4 Å². The number of rotatable bonds is 7. The van der Waals surface area contributed by atoms with Crippen molar-refractivity contribution in [1.29, 1.82) is 0 Å². The van der Waals surface area contributed by atoms with Crippen molar-refractivity contribution in [3.05, 3.63) is 98.2 Å². The van der Waals surface area contributed by atoms with Crippen molar-refractivity contribution in [2.75, 3.05) is 18.4 Å². The number of carbonyl (C=O) groups excluding carboxylic acids is 1. The Balaban J connectivity index is 1.30. The molecule has 3 N–H and O–H groups in total. The third kappa shape index (κ3) is 4.96. The number of fused-ring (bicyclic) bond motifs is 1. The number of hydrogen-bond donors (Lipinski definition) is 3. The third-order valence-electron chi connectivity index (χ3n) is 7.21. The summed E-state index contributed by atoms with van der Waals surface area (Å²) < 4.78 is 0.498. The number of aromatic carboxylic acids is 1. The highest BCUT2D eigenvalue weighted by Gasteiger charge is 2.29. The minimum absolute atomic E-state index is 0.00213. The summed E-state index contributed by atoms with van der Waals surface area (Å²) in [6.45, 7) is 3.33. The number of aromatic amines is 1. The molecule has 38 heavy (non-hydrogen) atoms. The van der Waals surface area contributed by atoms with Gasteiger partial charge in [-0.05, 0) is 76.1 Å². The number of nitrogens with zero attached hydrogens (tertiary/aromatic N) is 1. The number of halogens is 1. The van der Waals surface area contributed by atoms with Gasteiger partial charge in [-0.1, -0.05) is 43.3 Å². The first-order chi connectivity index (χ1) is 18.4. The molecule has 5 rings (SSSR count). The van der Waals surface area contributed by atoms with Crippen LogP contribution in [-0.4, -0.2) is 46.0 Å². The largest absolute Gasteiger partial charge is 0.477 e. The van der Waals surface area contributed by atoms with E-state index >= 15 is 0 Å². The molecule has 0 bridgehead atoms. The summed E-state index contributed by atoms with van der Waals surface area (Å²) in [6, 6.07) is 19.8. The molecule has 1 atom stereocenters. The predicted octanol–water partition coefficient (Wildman–Crippen LogP) is 5.93. The molecule has 0 aliphatic carbocycles. The summed E-state index contributed by atoms with van der Waals surface area (Å²) >= 11 is 3.48. The van der Waals surface area contributed by atoms with Crippen molar-refractivity contribution < 1.29 is 14.7 Å². The number of pyridine rings is 1. The van der Waals surface area contributed by atoms with Gasteiger partial charge >= 0.3 is 5.97 Å². The van der Waals surface area contributed by atoms with E-state index in [1.165, 1.54) is 11.8 Å². The van der Waals surface area contributed by atoms with E-state index in [-0.39, 0.29) is 22.9 Å². The number of H-pyrrole nitrogens is 1. The number of hydrogen-bond acceptors (Lipinski definition) is 4. The van der Waals surface area contributed by atoms with Crippen LogP contribution in [0.5, 0.6) is 0 Å². The van der Waals surface area contributed by atoms with Crippen LogP contribution in [0.15, 0.2) is 76.1 Å². The zero-order chi connectivity index (χ0) is 26.8. The van der Waals surface area contributed by atoms with E-state index in [1.54, 1.807) is 6.07 Å². The second-order valence-corrected chi connectivity index (χ2v) is 10.3. The number of anilines is 1. The van der Waals surface area contributed by atoms with E-state index in [1.807, 2.05) is 35.2 Å². The maximum atomic E-state index is 13.4. The lowest BCUT2D eigenvalue weighted by Crippen LogP contribution is -2.39. The number of carboxylic acids is 1. The SMILES string of the molecule is CCc1ccc(-c2ccc(C(=O)N3CCCC3CNc3ccc4[nH]cc(C(=O)O)c(=O)c4c3Br)cc2)cc1. The van der Waals surface area contributed by atoms with E-state index in [9.17, 15) is 19.5 Å². The molecule has 4 aromatic rings. The lowest BCUT2D eigenvalue weighted by Gasteiger charge is -2.26. The quantitative estimate of drug-likeness (QED) is 0.254. The minimum Gasteiger partial charge on any atom is -0.477 e. The fraction of sp³-hybridized carbons (Fsp3) is 0.233. The summed E-state index contributed by atoms with van der Waals surface area (Å²) in [4.78, 5) is 42.3. The average Bonchev–Trinajstić information content (AvgIpc) is 3.41. The van der Waals surface area contributed by atoms with Crippen molar-refractivity contribution in [2.45, 2.75) is 32.2 Å². The van der Waals surface area contributed by atoms with Crippen LogP contribution < -0.4 is 10.7 Å². The van der Waals surface area contributed by atoms with Crippen molar-refractivity contribution in [3.63, 3.8) is 0 Å². The van der Waals surface area contributed by atoms with Crippen LogP contribution in [0.4, 0.5) is 5.69 Å². The van der Waals surface area contributed by atoms with Gasteiger partial charge in [0.15, 0.2) is 0 Å². The van der Waals surface area contributed by atoms with Crippen LogP contribution in [0.1, 0.15) is 46.0 Å². The number of carbonyl (C=O) groups is 2. The van der Waals surface area contributed by atoms with Gasteiger partial charge < -0.3 is 20.3 Å². The van der Waals surface area contributed by atoms with Crippen LogP contribution in [0.3, 0.4) is 0 Å². The predicted molar refractivity (Wildman–Crippen MR) is 153 cm³/mol. The van der Waals surface area contributed by atoms with Gasteiger partial charge in [-0.15, -0.1) is 0 Å². The molecule has 1 aromatic heterocycles. The van der Waals surface area contributed by atoms with Gasteiger partial charge in [0.25, 0.3) is 5.91 Å². The standard InChI is InChI=1S/C30H28BrN3O4/c1-2-18-5-7-19(8-6-18)20-9-11-21(12-10-20)29(36)34-15-3-4-22(34)16-32-25-14-13-24-26(27(25)31)28(35)23(17-33-24)30(37)38/h5-14,17,22,32H,2-4,15-16H2,1H3,(H,33,35)(H,37,38). The Bertz CT molecular complexity index is 1560. The third-order valence-corrected chi connectivity index (χ3v) is 8.03. The van der Waals surface area contributed by atoms with Gasteiger partial charge in [-0.2, -0.15) is 0 Å². The molecule has 8 heteroatoms. The Morgan fingerprint density at radius 3 is 2.39 bits per heavy atom. The minimum atomic E-state index is -1.28. The van der Waals surface area contributed by atoms with Crippen LogP contribution in [-0.2, 0) is 6.42 Å². The molecular weight excluding hydrogens is 546 g/mol. The van der Waals surface area contributed by atoms with Crippen molar-refractivity contribution in [1.82, 2.24) is 9.88 Å². The van der Waals surface area contributed by atoms with Crippen molar-refractivity contribution in [3.8, 4) is 11.1 Å². The zero-order valence-corrected chi connectivity index (χ0v) is 22.5. The monoisotopic (exact) mass is 573 g/mol. The molecule has 0 saturated carbocycles. The smallest absolute Gasteiger partial charge is 0.341 e. The first-order valence-corrected chi connectivity index (χ1v) is 13.5. The van der Waals surface area contributed by atoms with Gasteiger partial charge in [0.05, 0.1) is 15.4 Å². The second-order valence-electron chi connectivity index (χ2n) is 9.49. The Kier molecular flexibility index (Phi) is 7.33. The van der Waals surface area contributed by atoms with Crippen LogP contribution in [0.25, 0.3) is 22.0 Å². The van der Waals surface area contributed by atoms with Gasteiger partial charge in [-0.3, -0.25) is 9.59 Å². The summed E-state index contributed by atoms with van der Waals surface area (Å²) in [5.41, 5.74) is 4.50. The molecule has 1 fully saturated rings. The number of aromatic nitrogens is 1. The number of aryl methyl sites for hydroxylation is 1. The van der Waals surface area contributed by atoms with Crippen LogP contribution in [0, 0.1) is 0 Å². The highest BCUT2D eigenvalue weighted by Crippen LogP contribution is 2.30. The summed E-state index contributed by atoms with van der Waals surface area (Å²) in [5.74, 6) is -1.27. The van der Waals surface area contributed by atoms with Crippen LogP contribution >= 0.6 is 15.9 Å². The molecule has 1 unspecified atom stereocenters. The second kappa shape index (κ2) is 10.8. The Morgan fingerprint density at radius 1 is 1.05 bits per heavy atom. The Labute approximate surface area is 228 Å². The number of likely N-dealkylation sites (tertiary alicyclic amines) is 1. The van der Waals surface area contributed by atoms with Crippen molar-refractivity contribution in [2.24, 2.45) is 0 Å². The van der Waals surface area contributed by atoms with Crippen LogP contribution in [0.2, 0.25) is 0 Å². The van der Waals surface area contributed by atoms with E-state index in [0.717, 1.165) is 30.4 Å². The van der Waals surface area contributed by atoms with Gasteiger partial charge in [0.2, 0.25) is 5.43 Å². The lowest BCUT2D eigenvalue weighted by molar-refractivity contribution is 0.0693. The maximum absolute atomic E-state index is 13.4. The number of amides is 1. The van der Waals surface area contributed by atoms with Crippen molar-refractivity contribution >= 4 is 44.4 Å². The summed E-state index contributed by atoms with van der Waals surface area (Å²) in [6.07, 6.45) is 4.00. The highest BCUT2D eigenvalue weighted by atomic mass is 79.9. The molecule has 0 radical (unpaired) electrons. The fourth-order valence-corrected chi connectivity index (χ4v) is 5.68. The normalized spacial score (nSPS) is 15.1. The molecule has 1 amide bonds. The zero-order valence-electron chi connectivity index (χ0n) is 21.0. The fourth-order valence-electron chi connectivity index (χ4n) is 5.01. The average molecular weight is 574 g/mol. The first kappa shape index (κ1) is 25.7. The van der Waals surface area contributed by atoms with E-state index in [0.29, 0.717) is 34.3 Å². The molecule has 194 valence electrons. The molecule has 1 aliphatic rings. The van der Waals surface area contributed by atoms with E-state index < -0.39 is 11.4 Å². The van der Waals surface area contributed by atoms with Gasteiger partial charge in [0, 0.05) is 36.6 Å². The molecular formula is C30H28BrN3O4. The Hall–Kier alpha value is -3.91. The molecule has 7 nitrogen and oxygen atoms in total. The number of benzene rings is 3. The summed E-state index contributed by atoms with van der Waals surface area (Å²) in [5, 5.41) is 12.9. The van der Waals surface area contributed by atoms with Gasteiger partial charge in [-0.25, -0.2) is 4.79 Å². The first-order valence-electron chi connectivity index (χ1n) is 12.7. The maximum Gasteiger partial charge on any atom is 0.341 e. The topological polar surface area (TPSA) is 102 Å². The Morgan fingerprint density at radius 2 is 1.74 bits per heavy atom. The molecule has 1 aliphatic heterocycles.